The van der Waals surface area contributed by atoms with E-state index < -0.39 is 0 Å². The zero-order valence-electron chi connectivity index (χ0n) is 16.9. The predicted molar refractivity (Wildman–Crippen MR) is 113 cm³/mol. The van der Waals surface area contributed by atoms with E-state index >= 15 is 0 Å². The normalized spacial score (nSPS) is 11.0. The standard InChI is InChI=1S/C21H26N6O2/c1-4-27(5-2)13-14-9-16(12-24-11-14)29-18-8-6-7-15-10-17(25-19(15)18)20(28)26(3)21(22)23/h6-12,25H,4-5,13H2,1-3H3,(H3,22,23). The molecule has 152 valence electrons. The second-order valence-corrected chi connectivity index (χ2v) is 6.75. The summed E-state index contributed by atoms with van der Waals surface area (Å²) in [6.07, 6.45) is 3.51. The number of nitrogens with one attached hydrogen (secondary N) is 2. The third-order valence-corrected chi connectivity index (χ3v) is 4.81. The number of amides is 1. The number of hydrogen-bond donors (Lipinski definition) is 3. The maximum absolute atomic E-state index is 12.4. The van der Waals surface area contributed by atoms with Gasteiger partial charge in [0, 0.05) is 25.2 Å². The van der Waals surface area contributed by atoms with E-state index in [-0.39, 0.29) is 11.9 Å². The van der Waals surface area contributed by atoms with Crippen LogP contribution in [0.25, 0.3) is 10.9 Å². The fraction of sp³-hybridized carbons (Fsp3) is 0.286. The topological polar surface area (TPSA) is 111 Å². The van der Waals surface area contributed by atoms with Gasteiger partial charge < -0.3 is 15.5 Å². The first-order chi connectivity index (χ1) is 13.9. The molecule has 2 aromatic heterocycles. The van der Waals surface area contributed by atoms with Gasteiger partial charge in [-0.25, -0.2) is 0 Å². The van der Waals surface area contributed by atoms with Crippen LogP contribution in [0.2, 0.25) is 0 Å². The predicted octanol–water partition coefficient (Wildman–Crippen LogP) is 3.16. The molecule has 0 fully saturated rings. The molecule has 2 heterocycles. The monoisotopic (exact) mass is 394 g/mol. The molecule has 0 spiro atoms. The Bertz CT molecular complexity index is 1020. The lowest BCUT2D eigenvalue weighted by atomic mass is 10.2. The molecular formula is C21H26N6O2. The van der Waals surface area contributed by atoms with Gasteiger partial charge in [0.25, 0.3) is 5.91 Å². The van der Waals surface area contributed by atoms with Crippen molar-refractivity contribution in [1.82, 2.24) is 19.8 Å². The van der Waals surface area contributed by atoms with Crippen molar-refractivity contribution in [3.8, 4) is 11.5 Å². The van der Waals surface area contributed by atoms with Gasteiger partial charge in [0.05, 0.1) is 11.7 Å². The number of para-hydroxylation sites is 1. The van der Waals surface area contributed by atoms with Crippen molar-refractivity contribution in [3.05, 3.63) is 54.0 Å². The van der Waals surface area contributed by atoms with Crippen molar-refractivity contribution in [2.75, 3.05) is 20.1 Å². The summed E-state index contributed by atoms with van der Waals surface area (Å²) in [4.78, 5) is 23.2. The van der Waals surface area contributed by atoms with Crippen molar-refractivity contribution < 1.29 is 9.53 Å². The zero-order chi connectivity index (χ0) is 21.0. The number of rotatable bonds is 7. The summed E-state index contributed by atoms with van der Waals surface area (Å²) in [5, 5.41) is 8.26. The number of nitrogens with zero attached hydrogens (tertiary/aromatic N) is 3. The Morgan fingerprint density at radius 2 is 2.00 bits per heavy atom. The molecule has 3 rings (SSSR count). The molecular weight excluding hydrogens is 368 g/mol. The highest BCUT2D eigenvalue weighted by molar-refractivity contribution is 6.06. The van der Waals surface area contributed by atoms with Gasteiger partial charge in [0.15, 0.2) is 11.7 Å². The molecule has 3 aromatic rings. The highest BCUT2D eigenvalue weighted by atomic mass is 16.5. The summed E-state index contributed by atoms with van der Waals surface area (Å²) in [7, 11) is 1.46. The van der Waals surface area contributed by atoms with Crippen LogP contribution in [-0.2, 0) is 6.54 Å². The minimum absolute atomic E-state index is 0.318. The third kappa shape index (κ3) is 4.55. The van der Waals surface area contributed by atoms with Crippen molar-refractivity contribution in [3.63, 3.8) is 0 Å². The van der Waals surface area contributed by atoms with Gasteiger partial charge in [-0.05, 0) is 36.9 Å². The van der Waals surface area contributed by atoms with Gasteiger partial charge in [0.2, 0.25) is 0 Å². The number of hydrogen-bond acceptors (Lipinski definition) is 5. The van der Waals surface area contributed by atoms with E-state index in [1.165, 1.54) is 7.05 Å². The third-order valence-electron chi connectivity index (χ3n) is 4.81. The molecule has 4 N–H and O–H groups in total. The Hall–Kier alpha value is -3.39. The number of ether oxygens (including phenoxy) is 1. The van der Waals surface area contributed by atoms with E-state index in [2.05, 4.69) is 28.7 Å². The van der Waals surface area contributed by atoms with Gasteiger partial charge in [-0.15, -0.1) is 0 Å². The lowest BCUT2D eigenvalue weighted by molar-refractivity contribution is 0.0864. The van der Waals surface area contributed by atoms with Crippen LogP contribution in [0.3, 0.4) is 0 Å². The number of carbonyl (C=O) groups is 1. The largest absolute Gasteiger partial charge is 0.454 e. The Balaban J connectivity index is 1.87. The average Bonchev–Trinajstić information content (AvgIpc) is 3.16. The second-order valence-electron chi connectivity index (χ2n) is 6.75. The molecule has 8 heteroatoms. The number of benzene rings is 1. The van der Waals surface area contributed by atoms with Crippen molar-refractivity contribution in [2.45, 2.75) is 20.4 Å². The molecule has 0 aliphatic heterocycles. The van der Waals surface area contributed by atoms with Crippen molar-refractivity contribution in [1.29, 1.82) is 5.41 Å². The van der Waals surface area contributed by atoms with Crippen LogP contribution in [0.1, 0.15) is 29.9 Å². The van der Waals surface area contributed by atoms with E-state index in [1.54, 1.807) is 12.3 Å². The van der Waals surface area contributed by atoms with E-state index in [0.29, 0.717) is 22.7 Å². The first-order valence-corrected chi connectivity index (χ1v) is 9.50. The van der Waals surface area contributed by atoms with Gasteiger partial charge in [0.1, 0.15) is 11.4 Å². The molecule has 0 aliphatic carbocycles. The van der Waals surface area contributed by atoms with Gasteiger partial charge >= 0.3 is 0 Å². The number of pyridine rings is 1. The zero-order valence-corrected chi connectivity index (χ0v) is 16.9. The van der Waals surface area contributed by atoms with Gasteiger partial charge in [-0.2, -0.15) is 0 Å². The number of aromatic nitrogens is 2. The lowest BCUT2D eigenvalue weighted by Gasteiger charge is -2.18. The smallest absolute Gasteiger partial charge is 0.276 e. The number of H-pyrrole nitrogens is 1. The Labute approximate surface area is 169 Å². The van der Waals surface area contributed by atoms with Crippen LogP contribution in [0.4, 0.5) is 0 Å². The number of carbonyl (C=O) groups excluding carboxylic acids is 1. The molecule has 0 saturated carbocycles. The second kappa shape index (κ2) is 8.74. The molecule has 0 atom stereocenters. The maximum atomic E-state index is 12.4. The van der Waals surface area contributed by atoms with E-state index in [9.17, 15) is 4.79 Å². The van der Waals surface area contributed by atoms with Gasteiger partial charge in [-0.1, -0.05) is 26.0 Å². The summed E-state index contributed by atoms with van der Waals surface area (Å²) >= 11 is 0. The quantitative estimate of drug-likeness (QED) is 0.421. The summed E-state index contributed by atoms with van der Waals surface area (Å²) in [6, 6.07) is 9.28. The Kier molecular flexibility index (Phi) is 6.13. The highest BCUT2D eigenvalue weighted by Gasteiger charge is 2.18. The SMILES string of the molecule is CCN(CC)Cc1cncc(Oc2cccc3cc(C(=O)N(C)C(=N)N)[nH]c23)c1. The molecule has 1 amide bonds. The fourth-order valence-corrected chi connectivity index (χ4v) is 3.06. The molecule has 0 bridgehead atoms. The Morgan fingerprint density at radius 1 is 1.24 bits per heavy atom. The molecule has 0 radical (unpaired) electrons. The first kappa shape index (κ1) is 20.3. The molecule has 1 aromatic carbocycles. The summed E-state index contributed by atoms with van der Waals surface area (Å²) in [5.74, 6) is 0.517. The summed E-state index contributed by atoms with van der Waals surface area (Å²) in [6.45, 7) is 7.00. The number of nitrogens with two attached hydrogens (primary N) is 1. The van der Waals surface area contributed by atoms with Crippen LogP contribution in [0.15, 0.2) is 42.7 Å². The van der Waals surface area contributed by atoms with Crippen LogP contribution < -0.4 is 10.5 Å². The number of aromatic amines is 1. The van der Waals surface area contributed by atoms with Crippen LogP contribution in [0.5, 0.6) is 11.5 Å². The highest BCUT2D eigenvalue weighted by Crippen LogP contribution is 2.30. The number of guanidine groups is 1. The summed E-state index contributed by atoms with van der Waals surface area (Å²) < 4.78 is 6.08. The van der Waals surface area contributed by atoms with E-state index in [0.717, 1.165) is 35.5 Å². The average molecular weight is 394 g/mol. The van der Waals surface area contributed by atoms with Crippen LogP contribution in [0, 0.1) is 5.41 Å². The lowest BCUT2D eigenvalue weighted by Crippen LogP contribution is -2.38. The fourth-order valence-electron chi connectivity index (χ4n) is 3.06. The molecule has 0 aliphatic rings. The Morgan fingerprint density at radius 3 is 2.69 bits per heavy atom. The van der Waals surface area contributed by atoms with Crippen molar-refractivity contribution >= 4 is 22.8 Å². The van der Waals surface area contributed by atoms with Crippen LogP contribution in [-0.4, -0.2) is 51.8 Å². The molecule has 8 nitrogen and oxygen atoms in total. The van der Waals surface area contributed by atoms with E-state index in [4.69, 9.17) is 15.9 Å². The number of fused-ring (bicyclic) bond motifs is 1. The molecule has 29 heavy (non-hydrogen) atoms. The molecule has 0 saturated heterocycles. The van der Waals surface area contributed by atoms with Crippen LogP contribution >= 0.6 is 0 Å². The summed E-state index contributed by atoms with van der Waals surface area (Å²) in [5.41, 5.74) is 7.51. The first-order valence-electron chi connectivity index (χ1n) is 9.50. The maximum Gasteiger partial charge on any atom is 0.276 e. The minimum Gasteiger partial charge on any atom is -0.454 e. The van der Waals surface area contributed by atoms with E-state index in [1.807, 2.05) is 30.5 Å². The molecule has 0 unspecified atom stereocenters. The van der Waals surface area contributed by atoms with Crippen molar-refractivity contribution in [2.24, 2.45) is 5.73 Å². The minimum atomic E-state index is -0.387. The van der Waals surface area contributed by atoms with Gasteiger partial charge in [-0.3, -0.25) is 25.0 Å².